The number of nitrogens with one attached hydrogen (secondary N) is 1. The van der Waals surface area contributed by atoms with E-state index in [1.807, 2.05) is 60.8 Å². The summed E-state index contributed by atoms with van der Waals surface area (Å²) in [5.41, 5.74) is 5.75. The van der Waals surface area contributed by atoms with E-state index < -0.39 is 11.6 Å². The molecule has 4 nitrogen and oxygen atoms in total. The van der Waals surface area contributed by atoms with Crippen molar-refractivity contribution in [1.82, 2.24) is 14.7 Å². The first kappa shape index (κ1) is 19.8. The number of pyridine rings is 1. The molecule has 0 saturated carbocycles. The van der Waals surface area contributed by atoms with Crippen molar-refractivity contribution in [2.24, 2.45) is 0 Å². The summed E-state index contributed by atoms with van der Waals surface area (Å²) >= 11 is 0. The second-order valence-corrected chi connectivity index (χ2v) is 7.44. The van der Waals surface area contributed by atoms with Gasteiger partial charge in [-0.05, 0) is 43.2 Å². The zero-order valence-corrected chi connectivity index (χ0v) is 16.7. The van der Waals surface area contributed by atoms with Crippen molar-refractivity contribution in [2.45, 2.75) is 26.8 Å². The molecule has 0 aliphatic rings. The molecule has 2 heterocycles. The number of amides is 1. The minimum atomic E-state index is -0.668. The molecule has 1 N–H and O–H groups in total. The predicted molar refractivity (Wildman–Crippen MR) is 112 cm³/mol. The van der Waals surface area contributed by atoms with Crippen LogP contribution in [0.3, 0.4) is 0 Å². The molecule has 1 amide bonds. The Morgan fingerprint density at radius 2 is 1.63 bits per heavy atom. The first-order valence-electron chi connectivity index (χ1n) is 9.65. The lowest BCUT2D eigenvalue weighted by Gasteiger charge is -2.09. The van der Waals surface area contributed by atoms with Crippen LogP contribution in [0.15, 0.2) is 60.8 Å². The van der Waals surface area contributed by atoms with Gasteiger partial charge in [0, 0.05) is 24.4 Å². The third kappa shape index (κ3) is 4.22. The Labute approximate surface area is 173 Å². The maximum absolute atomic E-state index is 13.4. The van der Waals surface area contributed by atoms with Gasteiger partial charge in [0.1, 0.15) is 17.3 Å². The van der Waals surface area contributed by atoms with Gasteiger partial charge in [0.2, 0.25) is 5.91 Å². The number of imidazole rings is 1. The zero-order chi connectivity index (χ0) is 21.3. The van der Waals surface area contributed by atoms with Crippen molar-refractivity contribution in [1.29, 1.82) is 0 Å². The summed E-state index contributed by atoms with van der Waals surface area (Å²) in [6.45, 7) is 4.04. The van der Waals surface area contributed by atoms with E-state index in [4.69, 9.17) is 4.98 Å². The monoisotopic (exact) mass is 405 g/mol. The van der Waals surface area contributed by atoms with Gasteiger partial charge in [-0.2, -0.15) is 0 Å². The number of carbonyl (C=O) groups excluding carboxylic acids is 1. The number of halogens is 2. The summed E-state index contributed by atoms with van der Waals surface area (Å²) in [6.07, 6.45) is 2.04. The molecule has 2 aromatic heterocycles. The third-order valence-corrected chi connectivity index (χ3v) is 4.93. The standard InChI is InChI=1S/C24H21F2N3O/c1-15-3-6-18(7-4-15)24-21(29-14-16(2)5-8-22(29)28-24)12-23(30)27-13-17-9-19(25)11-20(26)10-17/h3-11,14H,12-13H2,1-2H3,(H,27,30). The molecule has 0 aliphatic heterocycles. The molecule has 0 fully saturated rings. The Kier molecular flexibility index (Phi) is 5.31. The smallest absolute Gasteiger partial charge is 0.226 e. The molecule has 4 aromatic rings. The number of carbonyl (C=O) groups is 1. The van der Waals surface area contributed by atoms with Gasteiger partial charge in [-0.25, -0.2) is 13.8 Å². The summed E-state index contributed by atoms with van der Waals surface area (Å²) in [5, 5.41) is 2.75. The molecular weight excluding hydrogens is 384 g/mol. The van der Waals surface area contributed by atoms with E-state index in [1.54, 1.807) is 0 Å². The van der Waals surface area contributed by atoms with Gasteiger partial charge in [-0.3, -0.25) is 4.79 Å². The topological polar surface area (TPSA) is 46.4 Å². The lowest BCUT2D eigenvalue weighted by atomic mass is 10.1. The molecule has 4 rings (SSSR count). The van der Waals surface area contributed by atoms with E-state index in [0.29, 0.717) is 5.56 Å². The molecule has 0 bridgehead atoms. The van der Waals surface area contributed by atoms with Gasteiger partial charge in [-0.15, -0.1) is 0 Å². The predicted octanol–water partition coefficient (Wildman–Crippen LogP) is 4.76. The number of aryl methyl sites for hydroxylation is 2. The van der Waals surface area contributed by atoms with Crippen LogP contribution in [0.25, 0.3) is 16.9 Å². The highest BCUT2D eigenvalue weighted by atomic mass is 19.1. The number of nitrogens with zero attached hydrogens (tertiary/aromatic N) is 2. The number of rotatable bonds is 5. The van der Waals surface area contributed by atoms with Gasteiger partial charge in [0.15, 0.2) is 0 Å². The average molecular weight is 405 g/mol. The van der Waals surface area contributed by atoms with E-state index in [1.165, 1.54) is 12.1 Å². The number of fused-ring (bicyclic) bond motifs is 1. The van der Waals surface area contributed by atoms with Crippen molar-refractivity contribution in [2.75, 3.05) is 0 Å². The van der Waals surface area contributed by atoms with Gasteiger partial charge >= 0.3 is 0 Å². The van der Waals surface area contributed by atoms with Gasteiger partial charge < -0.3 is 9.72 Å². The molecule has 30 heavy (non-hydrogen) atoms. The fourth-order valence-corrected chi connectivity index (χ4v) is 3.44. The second-order valence-electron chi connectivity index (χ2n) is 7.44. The van der Waals surface area contributed by atoms with E-state index >= 15 is 0 Å². The van der Waals surface area contributed by atoms with Crippen LogP contribution in [-0.4, -0.2) is 15.3 Å². The maximum atomic E-state index is 13.4. The van der Waals surface area contributed by atoms with Crippen LogP contribution in [0.1, 0.15) is 22.4 Å². The largest absolute Gasteiger partial charge is 0.352 e. The van der Waals surface area contributed by atoms with Crippen LogP contribution in [0.4, 0.5) is 8.78 Å². The highest BCUT2D eigenvalue weighted by Gasteiger charge is 2.17. The SMILES string of the molecule is Cc1ccc(-c2nc3ccc(C)cn3c2CC(=O)NCc2cc(F)cc(F)c2)cc1. The van der Waals surface area contributed by atoms with E-state index in [-0.39, 0.29) is 18.9 Å². The third-order valence-electron chi connectivity index (χ3n) is 4.93. The van der Waals surface area contributed by atoms with E-state index in [0.717, 1.165) is 39.8 Å². The number of benzene rings is 2. The Morgan fingerprint density at radius 1 is 0.967 bits per heavy atom. The van der Waals surface area contributed by atoms with Gasteiger partial charge in [0.05, 0.1) is 17.8 Å². The molecule has 0 aliphatic carbocycles. The Bertz CT molecular complexity index is 1210. The Morgan fingerprint density at radius 3 is 2.33 bits per heavy atom. The molecule has 0 saturated heterocycles. The summed E-state index contributed by atoms with van der Waals surface area (Å²) in [6, 6.07) is 15.1. The summed E-state index contributed by atoms with van der Waals surface area (Å²) in [4.78, 5) is 17.4. The highest BCUT2D eigenvalue weighted by Crippen LogP contribution is 2.26. The van der Waals surface area contributed by atoms with Crippen LogP contribution in [0, 0.1) is 25.5 Å². The van der Waals surface area contributed by atoms with Crippen molar-refractivity contribution in [3.8, 4) is 11.3 Å². The second kappa shape index (κ2) is 8.06. The molecule has 2 aromatic carbocycles. The minimum absolute atomic E-state index is 0.0448. The fraction of sp³-hybridized carbons (Fsp3) is 0.167. The van der Waals surface area contributed by atoms with Crippen molar-refractivity contribution < 1.29 is 13.6 Å². The Balaban J connectivity index is 1.63. The van der Waals surface area contributed by atoms with Crippen LogP contribution in [0.5, 0.6) is 0 Å². The number of hydrogen-bond donors (Lipinski definition) is 1. The van der Waals surface area contributed by atoms with Gasteiger partial charge in [0.25, 0.3) is 0 Å². The molecule has 0 spiro atoms. The first-order valence-corrected chi connectivity index (χ1v) is 9.65. The maximum Gasteiger partial charge on any atom is 0.226 e. The molecule has 0 atom stereocenters. The number of hydrogen-bond acceptors (Lipinski definition) is 2. The van der Waals surface area contributed by atoms with Crippen molar-refractivity contribution in [3.63, 3.8) is 0 Å². The molecule has 6 heteroatoms. The summed E-state index contributed by atoms with van der Waals surface area (Å²) in [7, 11) is 0. The molecule has 152 valence electrons. The molecular formula is C24H21F2N3O. The molecule has 0 radical (unpaired) electrons. The van der Waals surface area contributed by atoms with Crippen molar-refractivity contribution >= 4 is 11.6 Å². The fourth-order valence-electron chi connectivity index (χ4n) is 3.44. The first-order chi connectivity index (χ1) is 14.4. The normalized spacial score (nSPS) is 11.1. The minimum Gasteiger partial charge on any atom is -0.352 e. The van der Waals surface area contributed by atoms with E-state index in [2.05, 4.69) is 5.32 Å². The number of aromatic nitrogens is 2. The van der Waals surface area contributed by atoms with Crippen LogP contribution in [0.2, 0.25) is 0 Å². The summed E-state index contributed by atoms with van der Waals surface area (Å²) in [5.74, 6) is -1.59. The van der Waals surface area contributed by atoms with Gasteiger partial charge in [-0.1, -0.05) is 35.9 Å². The summed E-state index contributed by atoms with van der Waals surface area (Å²) < 4.78 is 28.7. The van der Waals surface area contributed by atoms with Crippen molar-refractivity contribution in [3.05, 3.63) is 94.8 Å². The van der Waals surface area contributed by atoms with Crippen LogP contribution in [-0.2, 0) is 17.8 Å². The van der Waals surface area contributed by atoms with Crippen LogP contribution < -0.4 is 5.32 Å². The molecule has 0 unspecified atom stereocenters. The van der Waals surface area contributed by atoms with E-state index in [9.17, 15) is 13.6 Å². The van der Waals surface area contributed by atoms with Crippen LogP contribution >= 0.6 is 0 Å². The lowest BCUT2D eigenvalue weighted by Crippen LogP contribution is -2.25. The quantitative estimate of drug-likeness (QED) is 0.521. The zero-order valence-electron chi connectivity index (χ0n) is 16.7. The Hall–Kier alpha value is -3.54. The lowest BCUT2D eigenvalue weighted by molar-refractivity contribution is -0.120. The average Bonchev–Trinajstić information content (AvgIpc) is 3.04. The highest BCUT2D eigenvalue weighted by molar-refractivity contribution is 5.81.